The van der Waals surface area contributed by atoms with Crippen LogP contribution in [0.3, 0.4) is 0 Å². The van der Waals surface area contributed by atoms with Crippen LogP contribution in [0.4, 0.5) is 0 Å². The zero-order valence-electron chi connectivity index (χ0n) is 17.2. The van der Waals surface area contributed by atoms with Gasteiger partial charge in [-0.05, 0) is 31.5 Å². The fourth-order valence-electron chi connectivity index (χ4n) is 3.56. The molecule has 1 aromatic heterocycles. The molecule has 7 heteroatoms. The average molecular weight is 406 g/mol. The van der Waals surface area contributed by atoms with Crippen molar-refractivity contribution in [1.82, 2.24) is 20.4 Å². The molecular formula is C23H26N4O3. The van der Waals surface area contributed by atoms with Crippen molar-refractivity contribution >= 4 is 5.91 Å². The summed E-state index contributed by atoms with van der Waals surface area (Å²) in [4.78, 5) is 19.2. The molecule has 1 saturated heterocycles. The van der Waals surface area contributed by atoms with E-state index in [4.69, 9.17) is 9.26 Å². The number of carbonyl (C=O) groups is 1. The summed E-state index contributed by atoms with van der Waals surface area (Å²) in [6.45, 7) is 6.07. The molecule has 0 aliphatic carbocycles. The lowest BCUT2D eigenvalue weighted by atomic mass is 10.1. The van der Waals surface area contributed by atoms with Crippen LogP contribution >= 0.6 is 0 Å². The SMILES string of the molecule is CC(C)Oc1ccc(CN2CCNC(=O)C2Cc2nc(-c3ccccc3)no2)cc1. The maximum absolute atomic E-state index is 12.6. The van der Waals surface area contributed by atoms with Gasteiger partial charge in [-0.2, -0.15) is 4.98 Å². The lowest BCUT2D eigenvalue weighted by molar-refractivity contribution is -0.129. The number of benzene rings is 2. The number of piperazine rings is 1. The van der Waals surface area contributed by atoms with Crippen LogP contribution in [-0.2, 0) is 17.8 Å². The topological polar surface area (TPSA) is 80.5 Å². The first-order valence-corrected chi connectivity index (χ1v) is 10.2. The van der Waals surface area contributed by atoms with E-state index in [2.05, 4.69) is 20.4 Å². The number of amides is 1. The van der Waals surface area contributed by atoms with E-state index in [-0.39, 0.29) is 18.1 Å². The van der Waals surface area contributed by atoms with Crippen molar-refractivity contribution in [3.63, 3.8) is 0 Å². The molecule has 30 heavy (non-hydrogen) atoms. The Hall–Kier alpha value is -3.19. The number of nitrogens with zero attached hydrogens (tertiary/aromatic N) is 3. The molecule has 1 fully saturated rings. The first-order chi connectivity index (χ1) is 14.6. The van der Waals surface area contributed by atoms with Crippen molar-refractivity contribution in [2.24, 2.45) is 0 Å². The highest BCUT2D eigenvalue weighted by molar-refractivity contribution is 5.82. The Kier molecular flexibility index (Phi) is 6.09. The summed E-state index contributed by atoms with van der Waals surface area (Å²) in [5.74, 6) is 1.83. The number of carbonyl (C=O) groups excluding carboxylic acids is 1. The van der Waals surface area contributed by atoms with Gasteiger partial charge in [-0.25, -0.2) is 0 Å². The molecule has 3 aromatic rings. The maximum Gasteiger partial charge on any atom is 0.237 e. The summed E-state index contributed by atoms with van der Waals surface area (Å²) in [6, 6.07) is 17.3. The van der Waals surface area contributed by atoms with E-state index >= 15 is 0 Å². The van der Waals surface area contributed by atoms with Gasteiger partial charge in [0.05, 0.1) is 18.6 Å². The quantitative estimate of drug-likeness (QED) is 0.650. The van der Waals surface area contributed by atoms with Crippen LogP contribution in [0.5, 0.6) is 5.75 Å². The van der Waals surface area contributed by atoms with Crippen LogP contribution in [0.1, 0.15) is 25.3 Å². The van der Waals surface area contributed by atoms with Crippen LogP contribution in [0.2, 0.25) is 0 Å². The van der Waals surface area contributed by atoms with Gasteiger partial charge in [0.2, 0.25) is 17.6 Å². The number of nitrogens with one attached hydrogen (secondary N) is 1. The lowest BCUT2D eigenvalue weighted by Gasteiger charge is -2.34. The van der Waals surface area contributed by atoms with Gasteiger partial charge in [0.15, 0.2) is 0 Å². The van der Waals surface area contributed by atoms with Crippen LogP contribution in [0.15, 0.2) is 59.1 Å². The van der Waals surface area contributed by atoms with Gasteiger partial charge in [0, 0.05) is 25.2 Å². The third-order valence-electron chi connectivity index (χ3n) is 4.99. The third-order valence-corrected chi connectivity index (χ3v) is 4.99. The van der Waals surface area contributed by atoms with E-state index in [0.717, 1.165) is 23.4 Å². The van der Waals surface area contributed by atoms with E-state index in [1.165, 1.54) is 0 Å². The minimum absolute atomic E-state index is 0.0135. The predicted molar refractivity (Wildman–Crippen MR) is 113 cm³/mol. The Morgan fingerprint density at radius 2 is 1.93 bits per heavy atom. The lowest BCUT2D eigenvalue weighted by Crippen LogP contribution is -2.55. The Morgan fingerprint density at radius 3 is 2.67 bits per heavy atom. The zero-order valence-corrected chi connectivity index (χ0v) is 17.2. The fraction of sp³-hybridized carbons (Fsp3) is 0.348. The molecule has 2 heterocycles. The summed E-state index contributed by atoms with van der Waals surface area (Å²) < 4.78 is 11.1. The summed E-state index contributed by atoms with van der Waals surface area (Å²) in [5.41, 5.74) is 2.02. The van der Waals surface area contributed by atoms with Gasteiger partial charge in [0.25, 0.3) is 0 Å². The molecule has 156 valence electrons. The van der Waals surface area contributed by atoms with E-state index in [9.17, 15) is 4.79 Å². The van der Waals surface area contributed by atoms with Crippen molar-refractivity contribution in [3.8, 4) is 17.1 Å². The Morgan fingerprint density at radius 1 is 1.17 bits per heavy atom. The Balaban J connectivity index is 1.45. The summed E-state index contributed by atoms with van der Waals surface area (Å²) in [7, 11) is 0. The number of rotatable bonds is 7. The third kappa shape index (κ3) is 4.86. The molecular weight excluding hydrogens is 380 g/mol. The highest BCUT2D eigenvalue weighted by Gasteiger charge is 2.31. The molecule has 1 aliphatic rings. The fourth-order valence-corrected chi connectivity index (χ4v) is 3.56. The molecule has 0 saturated carbocycles. The summed E-state index contributed by atoms with van der Waals surface area (Å²) in [6.07, 6.45) is 0.515. The largest absolute Gasteiger partial charge is 0.491 e. The van der Waals surface area contributed by atoms with Gasteiger partial charge < -0.3 is 14.6 Å². The van der Waals surface area contributed by atoms with Crippen molar-refractivity contribution < 1.29 is 14.1 Å². The molecule has 0 spiro atoms. The minimum Gasteiger partial charge on any atom is -0.491 e. The molecule has 7 nitrogen and oxygen atoms in total. The monoisotopic (exact) mass is 406 g/mol. The molecule has 0 radical (unpaired) electrons. The van der Waals surface area contributed by atoms with Gasteiger partial charge >= 0.3 is 0 Å². The van der Waals surface area contributed by atoms with E-state index < -0.39 is 0 Å². The second-order valence-electron chi connectivity index (χ2n) is 7.67. The molecule has 1 N–H and O–H groups in total. The van der Waals surface area contributed by atoms with Gasteiger partial charge in [-0.3, -0.25) is 9.69 Å². The molecule has 1 atom stereocenters. The second-order valence-corrected chi connectivity index (χ2v) is 7.67. The molecule has 1 amide bonds. The molecule has 1 unspecified atom stereocenters. The Labute approximate surface area is 176 Å². The minimum atomic E-state index is -0.352. The molecule has 2 aromatic carbocycles. The van der Waals surface area contributed by atoms with Gasteiger partial charge in [0.1, 0.15) is 5.75 Å². The number of aromatic nitrogens is 2. The summed E-state index contributed by atoms with van der Waals surface area (Å²) in [5, 5.41) is 7.02. The number of ether oxygens (including phenoxy) is 1. The van der Waals surface area contributed by atoms with Crippen LogP contribution in [-0.4, -0.2) is 46.2 Å². The van der Waals surface area contributed by atoms with Gasteiger partial charge in [-0.15, -0.1) is 0 Å². The average Bonchev–Trinajstić information content (AvgIpc) is 3.21. The van der Waals surface area contributed by atoms with Crippen LogP contribution in [0.25, 0.3) is 11.4 Å². The smallest absolute Gasteiger partial charge is 0.237 e. The van der Waals surface area contributed by atoms with Crippen molar-refractivity contribution in [2.45, 2.75) is 39.0 Å². The predicted octanol–water partition coefficient (Wildman–Crippen LogP) is 3.07. The van der Waals surface area contributed by atoms with E-state index in [1.54, 1.807) is 0 Å². The Bertz CT molecular complexity index is 970. The van der Waals surface area contributed by atoms with Crippen LogP contribution in [0, 0.1) is 0 Å². The molecule has 4 rings (SSSR count). The van der Waals surface area contributed by atoms with Crippen molar-refractivity contribution in [3.05, 3.63) is 66.1 Å². The van der Waals surface area contributed by atoms with Crippen LogP contribution < -0.4 is 10.1 Å². The highest BCUT2D eigenvalue weighted by Crippen LogP contribution is 2.20. The second kappa shape index (κ2) is 9.09. The summed E-state index contributed by atoms with van der Waals surface area (Å²) >= 11 is 0. The molecule has 1 aliphatic heterocycles. The highest BCUT2D eigenvalue weighted by atomic mass is 16.5. The molecule has 0 bridgehead atoms. The number of hydrogen-bond acceptors (Lipinski definition) is 6. The normalized spacial score (nSPS) is 17.2. The standard InChI is InChI=1S/C23H26N4O3/c1-16(2)29-19-10-8-17(9-11-19)15-27-13-12-24-23(28)20(27)14-21-25-22(26-30-21)18-6-4-3-5-7-18/h3-11,16,20H,12-15H2,1-2H3,(H,24,28). The van der Waals surface area contributed by atoms with Gasteiger partial charge in [-0.1, -0.05) is 47.6 Å². The first kappa shape index (κ1) is 20.1. The van der Waals surface area contributed by atoms with Crippen molar-refractivity contribution in [2.75, 3.05) is 13.1 Å². The maximum atomic E-state index is 12.6. The van der Waals surface area contributed by atoms with Crippen molar-refractivity contribution in [1.29, 1.82) is 0 Å². The van der Waals surface area contributed by atoms with E-state index in [0.29, 0.717) is 31.2 Å². The van der Waals surface area contributed by atoms with E-state index in [1.807, 2.05) is 68.4 Å². The number of hydrogen-bond donors (Lipinski definition) is 1. The first-order valence-electron chi connectivity index (χ1n) is 10.2. The zero-order chi connectivity index (χ0) is 20.9.